The summed E-state index contributed by atoms with van der Waals surface area (Å²) < 4.78 is 15.6. The van der Waals surface area contributed by atoms with Gasteiger partial charge in [0.1, 0.15) is 11.6 Å². The molecule has 0 unspecified atom stereocenters. The third-order valence-corrected chi connectivity index (χ3v) is 3.73. The molecule has 2 heterocycles. The fourth-order valence-electron chi connectivity index (χ4n) is 2.66. The molecule has 0 saturated heterocycles. The number of aromatic nitrogens is 4. The second-order valence-electron chi connectivity index (χ2n) is 5.37. The van der Waals surface area contributed by atoms with Gasteiger partial charge in [-0.05, 0) is 29.8 Å². The van der Waals surface area contributed by atoms with Crippen LogP contribution in [0.3, 0.4) is 0 Å². The third kappa shape index (κ3) is 2.16. The summed E-state index contributed by atoms with van der Waals surface area (Å²) in [5, 5.41) is 23.4. The second kappa shape index (κ2) is 5.05. The van der Waals surface area contributed by atoms with Crippen LogP contribution in [0.15, 0.2) is 36.4 Å². The third-order valence-electron chi connectivity index (χ3n) is 3.73. The van der Waals surface area contributed by atoms with Crippen molar-refractivity contribution < 1.29 is 14.6 Å². The van der Waals surface area contributed by atoms with Gasteiger partial charge in [-0.15, -0.1) is 5.10 Å². The summed E-state index contributed by atoms with van der Waals surface area (Å²) in [4.78, 5) is 8.54. The largest absolute Gasteiger partial charge is 0.504 e. The molecule has 0 aliphatic carbocycles. The number of aromatic hydroxyl groups is 2. The van der Waals surface area contributed by atoms with Crippen LogP contribution < -0.4 is 5.73 Å². The van der Waals surface area contributed by atoms with Crippen LogP contribution in [-0.4, -0.2) is 29.8 Å². The van der Waals surface area contributed by atoms with E-state index in [4.69, 9.17) is 5.73 Å². The fraction of sp³-hybridized carbons (Fsp3) is 0.0625. The van der Waals surface area contributed by atoms with Gasteiger partial charge in [0, 0.05) is 6.42 Å². The number of phenols is 2. The molecule has 0 bridgehead atoms. The number of nitrogen functional groups attached to an aromatic ring is 1. The molecule has 4 aromatic rings. The lowest BCUT2D eigenvalue weighted by atomic mass is 10.1. The summed E-state index contributed by atoms with van der Waals surface area (Å²) >= 11 is 0. The first kappa shape index (κ1) is 14.2. The van der Waals surface area contributed by atoms with Crippen molar-refractivity contribution in [3.8, 4) is 11.5 Å². The van der Waals surface area contributed by atoms with Crippen molar-refractivity contribution in [3.63, 3.8) is 0 Å². The van der Waals surface area contributed by atoms with E-state index in [2.05, 4.69) is 15.1 Å². The Morgan fingerprint density at radius 2 is 1.92 bits per heavy atom. The Labute approximate surface area is 134 Å². The van der Waals surface area contributed by atoms with Crippen molar-refractivity contribution in [1.82, 2.24) is 19.6 Å². The molecule has 8 heteroatoms. The molecule has 7 nitrogen and oxygen atoms in total. The summed E-state index contributed by atoms with van der Waals surface area (Å²) in [5.41, 5.74) is 7.09. The van der Waals surface area contributed by atoms with Gasteiger partial charge >= 0.3 is 0 Å². The summed E-state index contributed by atoms with van der Waals surface area (Å²) in [5.74, 6) is -0.387. The number of hydrogen-bond donors (Lipinski definition) is 3. The minimum Gasteiger partial charge on any atom is -0.504 e. The number of hydrogen-bond acceptors (Lipinski definition) is 6. The minimum atomic E-state index is -0.453. The second-order valence-corrected chi connectivity index (χ2v) is 5.37. The lowest BCUT2D eigenvalue weighted by molar-refractivity contribution is 0.403. The van der Waals surface area contributed by atoms with Crippen LogP contribution in [-0.2, 0) is 6.42 Å². The van der Waals surface area contributed by atoms with Gasteiger partial charge in [0.25, 0.3) is 0 Å². The molecular weight excluding hydrogens is 313 g/mol. The van der Waals surface area contributed by atoms with Crippen LogP contribution in [0.25, 0.3) is 16.6 Å². The number of anilines is 1. The van der Waals surface area contributed by atoms with E-state index in [9.17, 15) is 14.6 Å². The van der Waals surface area contributed by atoms with E-state index < -0.39 is 5.82 Å². The highest BCUT2D eigenvalue weighted by Crippen LogP contribution is 2.27. The zero-order chi connectivity index (χ0) is 16.8. The number of nitrogens with zero attached hydrogens (tertiary/aromatic N) is 4. The number of fused-ring (bicyclic) bond motifs is 3. The molecule has 120 valence electrons. The maximum atomic E-state index is 14.2. The molecule has 0 amide bonds. The Balaban J connectivity index is 1.95. The average Bonchev–Trinajstić information content (AvgIpc) is 2.93. The first-order chi connectivity index (χ1) is 11.5. The Kier molecular flexibility index (Phi) is 2.99. The van der Waals surface area contributed by atoms with Crippen molar-refractivity contribution in [2.75, 3.05) is 5.73 Å². The predicted octanol–water partition coefficient (Wildman–Crippen LogP) is 2.00. The molecule has 0 aliphatic heterocycles. The molecule has 0 radical (unpaired) electrons. The highest BCUT2D eigenvalue weighted by atomic mass is 19.1. The topological polar surface area (TPSA) is 110 Å². The van der Waals surface area contributed by atoms with Crippen molar-refractivity contribution >= 4 is 22.5 Å². The lowest BCUT2D eigenvalue weighted by Gasteiger charge is -2.08. The van der Waals surface area contributed by atoms with Crippen molar-refractivity contribution in [1.29, 1.82) is 0 Å². The Morgan fingerprint density at radius 3 is 2.71 bits per heavy atom. The molecule has 2 aromatic heterocycles. The van der Waals surface area contributed by atoms with E-state index >= 15 is 0 Å². The first-order valence-electron chi connectivity index (χ1n) is 7.13. The minimum absolute atomic E-state index is 0.0161. The van der Waals surface area contributed by atoms with E-state index in [1.807, 2.05) is 0 Å². The van der Waals surface area contributed by atoms with E-state index in [1.165, 1.54) is 22.7 Å². The van der Waals surface area contributed by atoms with Gasteiger partial charge in [0.05, 0.1) is 10.9 Å². The highest BCUT2D eigenvalue weighted by Gasteiger charge is 2.16. The van der Waals surface area contributed by atoms with Gasteiger partial charge in [-0.3, -0.25) is 0 Å². The maximum absolute atomic E-state index is 14.2. The van der Waals surface area contributed by atoms with Crippen LogP contribution in [0, 0.1) is 5.82 Å². The van der Waals surface area contributed by atoms with Gasteiger partial charge < -0.3 is 15.9 Å². The standard InChI is InChI=1S/C16H12FN5O2/c17-9-2-1-3-10-14(9)15-20-16(18)21-22(15)13(19-10)7-8-4-5-11(23)12(24)6-8/h1-6,23-24H,7H2,(H2,18,21). The van der Waals surface area contributed by atoms with Gasteiger partial charge in [-0.2, -0.15) is 9.50 Å². The molecule has 0 saturated carbocycles. The molecule has 2 aromatic carbocycles. The normalized spacial score (nSPS) is 11.4. The van der Waals surface area contributed by atoms with Crippen LogP contribution in [0.1, 0.15) is 11.4 Å². The lowest BCUT2D eigenvalue weighted by Crippen LogP contribution is -2.05. The zero-order valence-corrected chi connectivity index (χ0v) is 12.3. The van der Waals surface area contributed by atoms with Crippen molar-refractivity contribution in [2.24, 2.45) is 0 Å². The van der Waals surface area contributed by atoms with Gasteiger partial charge in [-0.1, -0.05) is 12.1 Å². The van der Waals surface area contributed by atoms with E-state index in [-0.39, 0.29) is 28.5 Å². The number of benzene rings is 2. The summed E-state index contributed by atoms with van der Waals surface area (Å²) in [6.45, 7) is 0. The molecule has 0 spiro atoms. The van der Waals surface area contributed by atoms with E-state index in [1.54, 1.807) is 18.2 Å². The molecular formula is C16H12FN5O2. The Bertz CT molecular complexity index is 1090. The number of nitrogens with two attached hydrogens (primary N) is 1. The summed E-state index contributed by atoms with van der Waals surface area (Å²) in [6, 6.07) is 9.04. The SMILES string of the molecule is Nc1nc2c3c(F)cccc3nc(Cc3ccc(O)c(O)c3)n2n1. The van der Waals surface area contributed by atoms with E-state index in [0.29, 0.717) is 23.3 Å². The van der Waals surface area contributed by atoms with Crippen LogP contribution in [0.2, 0.25) is 0 Å². The van der Waals surface area contributed by atoms with Crippen molar-refractivity contribution in [2.45, 2.75) is 6.42 Å². The maximum Gasteiger partial charge on any atom is 0.240 e. The van der Waals surface area contributed by atoms with Gasteiger partial charge in [0.2, 0.25) is 5.95 Å². The average molecular weight is 325 g/mol. The molecule has 0 aliphatic rings. The molecule has 24 heavy (non-hydrogen) atoms. The Morgan fingerprint density at radius 1 is 1.08 bits per heavy atom. The fourth-order valence-corrected chi connectivity index (χ4v) is 2.66. The highest BCUT2D eigenvalue weighted by molar-refractivity contribution is 5.92. The van der Waals surface area contributed by atoms with Crippen LogP contribution in [0.5, 0.6) is 11.5 Å². The van der Waals surface area contributed by atoms with Crippen LogP contribution in [0.4, 0.5) is 10.3 Å². The molecule has 4 N–H and O–H groups in total. The van der Waals surface area contributed by atoms with E-state index in [0.717, 1.165) is 0 Å². The van der Waals surface area contributed by atoms with Gasteiger partial charge in [0.15, 0.2) is 17.1 Å². The number of halogens is 1. The summed E-state index contributed by atoms with van der Waals surface area (Å²) in [6.07, 6.45) is 0.291. The predicted molar refractivity (Wildman–Crippen MR) is 85.2 cm³/mol. The number of rotatable bonds is 2. The van der Waals surface area contributed by atoms with Crippen molar-refractivity contribution in [3.05, 3.63) is 53.6 Å². The molecule has 0 fully saturated rings. The smallest absolute Gasteiger partial charge is 0.240 e. The summed E-state index contributed by atoms with van der Waals surface area (Å²) in [7, 11) is 0. The van der Waals surface area contributed by atoms with Gasteiger partial charge in [-0.25, -0.2) is 9.37 Å². The van der Waals surface area contributed by atoms with Crippen LogP contribution >= 0.6 is 0 Å². The first-order valence-corrected chi connectivity index (χ1v) is 7.13. The molecule has 4 rings (SSSR count). The molecule has 0 atom stereocenters. The monoisotopic (exact) mass is 325 g/mol. The quantitative estimate of drug-likeness (QED) is 0.486. The number of phenolic OH excluding ortho intramolecular Hbond substituents is 2. The zero-order valence-electron chi connectivity index (χ0n) is 12.3. The Hall–Kier alpha value is -3.42.